The molecule has 0 aromatic heterocycles. The monoisotopic (exact) mass is 527 g/mol. The lowest BCUT2D eigenvalue weighted by molar-refractivity contribution is -0.144. The van der Waals surface area contributed by atoms with E-state index in [1.54, 1.807) is 0 Å². The quantitative estimate of drug-likeness (QED) is 0.181. The Labute approximate surface area is 179 Å². The highest BCUT2D eigenvalue weighted by Gasteiger charge is 2.63. The number of hydrogen-bond donors (Lipinski definition) is 7. The minimum atomic E-state index is -5.82. The first-order valence-corrected chi connectivity index (χ1v) is 12.8. The van der Waals surface area contributed by atoms with Crippen LogP contribution in [0.15, 0.2) is 29.7 Å². The van der Waals surface area contributed by atoms with E-state index in [1.807, 2.05) is 0 Å². The van der Waals surface area contributed by atoms with Gasteiger partial charge in [-0.3, -0.25) is 4.52 Å². The summed E-state index contributed by atoms with van der Waals surface area (Å²) >= 11 is 0. The first-order valence-electron chi connectivity index (χ1n) is 8.26. The summed E-state index contributed by atoms with van der Waals surface area (Å²) in [4.78, 5) is 40.7. The highest BCUT2D eigenvalue weighted by molar-refractivity contribution is 7.66. The zero-order chi connectivity index (χ0) is 24.8. The van der Waals surface area contributed by atoms with Crippen molar-refractivity contribution < 1.29 is 65.8 Å². The second kappa shape index (κ2) is 8.96. The molecule has 0 radical (unpaired) electrons. The van der Waals surface area contributed by atoms with Crippen LogP contribution in [0.25, 0.3) is 0 Å². The summed E-state index contributed by atoms with van der Waals surface area (Å²) in [6.45, 7) is 1.68. The third kappa shape index (κ3) is 6.10. The van der Waals surface area contributed by atoms with Crippen LogP contribution in [-0.4, -0.2) is 77.3 Å². The SMILES string of the molecule is C=C1N=C(N)C=CN1[C@@H]1O[C@](CF)(COP(=O)(O)OP(=O)(O)OP(=O)(O)O)[C@@H](O)[C@@]1(C)O. The lowest BCUT2D eigenvalue weighted by atomic mass is 9.88. The van der Waals surface area contributed by atoms with Gasteiger partial charge in [0.25, 0.3) is 0 Å². The number of alkyl halides is 1. The van der Waals surface area contributed by atoms with Crippen LogP contribution in [0.2, 0.25) is 0 Å². The first-order chi connectivity index (χ1) is 14.3. The van der Waals surface area contributed by atoms with E-state index in [-0.39, 0.29) is 11.7 Å². The molecule has 6 atom stereocenters. The van der Waals surface area contributed by atoms with Gasteiger partial charge in [0.2, 0.25) is 0 Å². The van der Waals surface area contributed by atoms with Crippen molar-refractivity contribution in [2.75, 3.05) is 13.3 Å². The topological polar surface area (TPSA) is 251 Å². The summed E-state index contributed by atoms with van der Waals surface area (Å²) in [5, 5.41) is 21.2. The van der Waals surface area contributed by atoms with Crippen LogP contribution in [0.5, 0.6) is 0 Å². The molecule has 2 unspecified atom stereocenters. The van der Waals surface area contributed by atoms with Gasteiger partial charge in [-0.1, -0.05) is 6.58 Å². The zero-order valence-electron chi connectivity index (χ0n) is 16.2. The maximum absolute atomic E-state index is 14.0. The highest BCUT2D eigenvalue weighted by Crippen LogP contribution is 2.66. The molecule has 0 saturated carbocycles. The summed E-state index contributed by atoms with van der Waals surface area (Å²) in [7, 11) is -17.1. The standard InChI is InChI=1S/C12H21FN3O13P3/c1-7-15-8(14)3-4-16(7)10-11(2,18)9(17)12(5-13,27-10)6-26-31(22,23)29-32(24,25)28-30(19,20)21/h3-4,9-10,17-18H,1,5-6H2,2H3,(H2,14,15)(H,22,23)(H,24,25)(H2,19,20,21)/t9-,10+,11+,12+/m0/s1. The molecule has 184 valence electrons. The Hall–Kier alpha value is -1.03. The number of phosphoric ester groups is 1. The normalized spacial score (nSPS) is 34.8. The third-order valence-electron chi connectivity index (χ3n) is 4.23. The van der Waals surface area contributed by atoms with E-state index < -0.39 is 60.3 Å². The lowest BCUT2D eigenvalue weighted by Gasteiger charge is -2.35. The molecule has 0 aromatic rings. The van der Waals surface area contributed by atoms with Crippen molar-refractivity contribution in [2.45, 2.75) is 30.5 Å². The van der Waals surface area contributed by atoms with Crippen molar-refractivity contribution >= 4 is 29.3 Å². The molecule has 8 N–H and O–H groups in total. The van der Waals surface area contributed by atoms with Gasteiger partial charge in [0, 0.05) is 6.20 Å². The predicted octanol–water partition coefficient (Wildman–Crippen LogP) is -0.836. The molecule has 0 amide bonds. The summed E-state index contributed by atoms with van der Waals surface area (Å²) in [6.07, 6.45) is -1.13. The molecule has 1 fully saturated rings. The molecular formula is C12H21FN3O13P3. The molecule has 1 saturated heterocycles. The van der Waals surface area contributed by atoms with Crippen LogP contribution < -0.4 is 5.73 Å². The Morgan fingerprint density at radius 1 is 1.28 bits per heavy atom. The van der Waals surface area contributed by atoms with E-state index in [1.165, 1.54) is 12.3 Å². The van der Waals surface area contributed by atoms with Crippen LogP contribution in [0.1, 0.15) is 6.92 Å². The Bertz CT molecular complexity index is 967. The highest BCUT2D eigenvalue weighted by atomic mass is 31.3. The van der Waals surface area contributed by atoms with Crippen molar-refractivity contribution in [3.05, 3.63) is 24.7 Å². The van der Waals surface area contributed by atoms with Crippen LogP contribution in [0, 0.1) is 0 Å². The predicted molar refractivity (Wildman–Crippen MR) is 102 cm³/mol. The first kappa shape index (κ1) is 27.2. The number of ether oxygens (including phenoxy) is 1. The minimum Gasteiger partial charge on any atom is -0.387 e. The van der Waals surface area contributed by atoms with Crippen molar-refractivity contribution in [3.8, 4) is 0 Å². The number of hydrogen-bond acceptors (Lipinski definition) is 12. The molecular weight excluding hydrogens is 506 g/mol. The Kier molecular flexibility index (Phi) is 7.62. The number of aliphatic imine (C=N–C) groups is 1. The lowest BCUT2D eigenvalue weighted by Crippen LogP contribution is -2.54. The van der Waals surface area contributed by atoms with E-state index in [4.69, 9.17) is 25.2 Å². The molecule has 2 rings (SSSR count). The smallest absolute Gasteiger partial charge is 0.387 e. The molecule has 20 heteroatoms. The third-order valence-corrected chi connectivity index (χ3v) is 8.01. The number of nitrogens with two attached hydrogens (primary N) is 1. The van der Waals surface area contributed by atoms with Gasteiger partial charge in [0.15, 0.2) is 11.8 Å². The van der Waals surface area contributed by atoms with E-state index in [2.05, 4.69) is 24.7 Å². The molecule has 2 aliphatic rings. The van der Waals surface area contributed by atoms with Crippen molar-refractivity contribution in [1.29, 1.82) is 0 Å². The van der Waals surface area contributed by atoms with Crippen molar-refractivity contribution in [1.82, 2.24) is 4.90 Å². The van der Waals surface area contributed by atoms with E-state index >= 15 is 0 Å². The molecule has 32 heavy (non-hydrogen) atoms. The molecule has 2 aliphatic heterocycles. The largest absolute Gasteiger partial charge is 0.490 e. The van der Waals surface area contributed by atoms with Crippen LogP contribution in [0.4, 0.5) is 4.39 Å². The fourth-order valence-corrected chi connectivity index (χ4v) is 5.94. The summed E-state index contributed by atoms with van der Waals surface area (Å²) < 4.78 is 64.8. The number of nitrogens with zero attached hydrogens (tertiary/aromatic N) is 2. The van der Waals surface area contributed by atoms with Crippen LogP contribution in [-0.2, 0) is 31.6 Å². The van der Waals surface area contributed by atoms with Gasteiger partial charge in [-0.2, -0.15) is 8.62 Å². The van der Waals surface area contributed by atoms with Gasteiger partial charge < -0.3 is 45.2 Å². The van der Waals surface area contributed by atoms with Gasteiger partial charge in [-0.25, -0.2) is 23.1 Å². The number of halogens is 1. The zero-order valence-corrected chi connectivity index (χ0v) is 18.8. The second-order valence-corrected chi connectivity index (χ2v) is 11.3. The average Bonchev–Trinajstić information content (AvgIpc) is 2.78. The fraction of sp³-hybridized carbons (Fsp3) is 0.583. The minimum absolute atomic E-state index is 0.0499. The van der Waals surface area contributed by atoms with Gasteiger partial charge in [-0.05, 0) is 13.0 Å². The number of aliphatic hydroxyl groups excluding tert-OH is 1. The molecule has 2 heterocycles. The summed E-state index contributed by atoms with van der Waals surface area (Å²) in [6, 6.07) is 0. The Balaban J connectivity index is 2.21. The molecule has 16 nitrogen and oxygen atoms in total. The van der Waals surface area contributed by atoms with Crippen molar-refractivity contribution in [3.63, 3.8) is 0 Å². The average molecular weight is 527 g/mol. The van der Waals surface area contributed by atoms with E-state index in [9.17, 15) is 33.2 Å². The summed E-state index contributed by atoms with van der Waals surface area (Å²) in [5.74, 6) is -0.0149. The number of phosphoric acid groups is 3. The second-order valence-electron chi connectivity index (χ2n) is 6.84. The number of amidine groups is 1. The van der Waals surface area contributed by atoms with Crippen molar-refractivity contribution in [2.24, 2.45) is 10.7 Å². The molecule has 0 bridgehead atoms. The van der Waals surface area contributed by atoms with Gasteiger partial charge in [0.05, 0.1) is 6.61 Å². The van der Waals surface area contributed by atoms with E-state index in [0.717, 1.165) is 11.8 Å². The fourth-order valence-electron chi connectivity index (χ4n) is 2.86. The number of rotatable bonds is 9. The Morgan fingerprint density at radius 2 is 1.88 bits per heavy atom. The maximum Gasteiger partial charge on any atom is 0.490 e. The number of aliphatic hydroxyl groups is 2. The maximum atomic E-state index is 14.0. The molecule has 0 aromatic carbocycles. The summed E-state index contributed by atoms with van der Waals surface area (Å²) in [5.41, 5.74) is 0.749. The molecule has 0 aliphatic carbocycles. The Morgan fingerprint density at radius 3 is 2.38 bits per heavy atom. The van der Waals surface area contributed by atoms with E-state index in [0.29, 0.717) is 0 Å². The molecule has 0 spiro atoms. The van der Waals surface area contributed by atoms with Gasteiger partial charge >= 0.3 is 23.5 Å². The van der Waals surface area contributed by atoms with Crippen LogP contribution >= 0.6 is 23.5 Å². The van der Waals surface area contributed by atoms with Crippen LogP contribution in [0.3, 0.4) is 0 Å². The van der Waals surface area contributed by atoms with Gasteiger partial charge in [0.1, 0.15) is 30.0 Å². The van der Waals surface area contributed by atoms with Gasteiger partial charge in [-0.15, -0.1) is 0 Å².